The van der Waals surface area contributed by atoms with Gasteiger partial charge >= 0.3 is 0 Å². The molecule has 1 unspecified atom stereocenters. The Morgan fingerprint density at radius 3 is 2.46 bits per heavy atom. The first kappa shape index (κ1) is 19.4. The normalized spacial score (nSPS) is 17.2. The Balaban J connectivity index is 1.47. The number of hydrogen-bond donors (Lipinski definition) is 0. The number of benzene rings is 1. The molecular weight excluding hydrogens is 366 g/mol. The van der Waals surface area contributed by atoms with Gasteiger partial charge in [-0.3, -0.25) is 14.6 Å². The van der Waals surface area contributed by atoms with Gasteiger partial charge in [-0.25, -0.2) is 0 Å². The summed E-state index contributed by atoms with van der Waals surface area (Å²) in [5.74, 6) is 0.187. The highest BCUT2D eigenvalue weighted by molar-refractivity contribution is 7.16. The topological polar surface area (TPSA) is 26.8 Å². The Kier molecular flexibility index (Phi) is 6.70. The maximum atomic E-state index is 12.8. The molecule has 0 N–H and O–H groups in total. The van der Waals surface area contributed by atoms with E-state index in [1.807, 2.05) is 43.1 Å². The fourth-order valence-electron chi connectivity index (χ4n) is 3.38. The molecule has 26 heavy (non-hydrogen) atoms. The summed E-state index contributed by atoms with van der Waals surface area (Å²) in [7, 11) is 1.89. The van der Waals surface area contributed by atoms with E-state index < -0.39 is 0 Å². The number of rotatable bonds is 6. The number of nitrogens with zero attached hydrogens (tertiary/aromatic N) is 3. The number of piperazine rings is 1. The molecular formula is C20H26ClN3OS. The van der Waals surface area contributed by atoms with E-state index in [0.29, 0.717) is 6.54 Å². The van der Waals surface area contributed by atoms with Gasteiger partial charge in [0.1, 0.15) is 0 Å². The van der Waals surface area contributed by atoms with Crippen LogP contribution < -0.4 is 0 Å². The van der Waals surface area contributed by atoms with Gasteiger partial charge in [-0.15, -0.1) is 11.3 Å². The smallest absolute Gasteiger partial charge is 0.239 e. The summed E-state index contributed by atoms with van der Waals surface area (Å²) in [5.41, 5.74) is 1.16. The third-order valence-corrected chi connectivity index (χ3v) is 6.17. The third-order valence-electron chi connectivity index (χ3n) is 4.96. The van der Waals surface area contributed by atoms with Crippen LogP contribution in [0.4, 0.5) is 0 Å². The van der Waals surface area contributed by atoms with E-state index in [-0.39, 0.29) is 11.9 Å². The average molecular weight is 392 g/mol. The largest absolute Gasteiger partial charge is 0.340 e. The third kappa shape index (κ3) is 5.07. The molecule has 0 spiro atoms. The van der Waals surface area contributed by atoms with Crippen molar-refractivity contribution in [3.8, 4) is 0 Å². The minimum absolute atomic E-state index is 0.0814. The van der Waals surface area contributed by atoms with Crippen molar-refractivity contribution in [2.45, 2.75) is 26.1 Å². The standard InChI is InChI=1S/C20H26ClN3OS/c1-16(20(25)22(2)14-17-6-4-3-5-7-17)24-12-10-23(11-13-24)15-18-8-9-19(21)26-18/h3-9,16H,10-15H2,1-2H3. The predicted octanol–water partition coefficient (Wildman–Crippen LogP) is 3.57. The van der Waals surface area contributed by atoms with E-state index >= 15 is 0 Å². The zero-order valence-electron chi connectivity index (χ0n) is 15.4. The van der Waals surface area contributed by atoms with Gasteiger partial charge in [0.15, 0.2) is 0 Å². The monoisotopic (exact) mass is 391 g/mol. The Labute approximate surface area is 165 Å². The SMILES string of the molecule is CC(C(=O)N(C)Cc1ccccc1)N1CCN(Cc2ccc(Cl)s2)CC1. The lowest BCUT2D eigenvalue weighted by molar-refractivity contribution is -0.136. The number of hydrogen-bond acceptors (Lipinski definition) is 4. The van der Waals surface area contributed by atoms with Crippen LogP contribution in [-0.2, 0) is 17.9 Å². The summed E-state index contributed by atoms with van der Waals surface area (Å²) in [5, 5.41) is 0. The molecule has 0 radical (unpaired) electrons. The molecule has 0 saturated carbocycles. The van der Waals surface area contributed by atoms with Crippen LogP contribution >= 0.6 is 22.9 Å². The number of thiophene rings is 1. The summed E-state index contributed by atoms with van der Waals surface area (Å²) in [6.45, 7) is 7.44. The second-order valence-electron chi connectivity index (χ2n) is 6.87. The highest BCUT2D eigenvalue weighted by atomic mass is 35.5. The Hall–Kier alpha value is -1.40. The molecule has 1 amide bonds. The first-order valence-corrected chi connectivity index (χ1v) is 10.2. The van der Waals surface area contributed by atoms with Crippen LogP contribution in [0.5, 0.6) is 0 Å². The van der Waals surface area contributed by atoms with Gasteiger partial charge in [-0.2, -0.15) is 0 Å². The van der Waals surface area contributed by atoms with Crippen LogP contribution in [-0.4, -0.2) is 59.9 Å². The van der Waals surface area contributed by atoms with Crippen LogP contribution in [0, 0.1) is 0 Å². The van der Waals surface area contributed by atoms with E-state index in [9.17, 15) is 4.79 Å². The van der Waals surface area contributed by atoms with Crippen molar-refractivity contribution in [1.29, 1.82) is 0 Å². The molecule has 6 heteroatoms. The van der Waals surface area contributed by atoms with Crippen LogP contribution in [0.15, 0.2) is 42.5 Å². The fraction of sp³-hybridized carbons (Fsp3) is 0.450. The Bertz CT molecular complexity index is 713. The quantitative estimate of drug-likeness (QED) is 0.753. The zero-order valence-corrected chi connectivity index (χ0v) is 17.0. The van der Waals surface area contributed by atoms with Crippen molar-refractivity contribution in [3.05, 3.63) is 57.2 Å². The molecule has 1 aromatic heterocycles. The molecule has 2 aromatic rings. The van der Waals surface area contributed by atoms with Gasteiger partial charge < -0.3 is 4.90 Å². The number of halogens is 1. The van der Waals surface area contributed by atoms with Crippen LogP contribution in [0.2, 0.25) is 4.34 Å². The van der Waals surface area contributed by atoms with E-state index in [1.165, 1.54) is 4.88 Å². The highest BCUT2D eigenvalue weighted by Crippen LogP contribution is 2.23. The molecule has 1 saturated heterocycles. The van der Waals surface area contributed by atoms with Crippen molar-refractivity contribution >= 4 is 28.8 Å². The molecule has 0 aliphatic carbocycles. The summed E-state index contributed by atoms with van der Waals surface area (Å²) >= 11 is 7.66. The first-order valence-electron chi connectivity index (χ1n) is 9.02. The van der Waals surface area contributed by atoms with Gasteiger partial charge in [0, 0.05) is 51.2 Å². The van der Waals surface area contributed by atoms with Gasteiger partial charge in [0.05, 0.1) is 10.4 Å². The van der Waals surface area contributed by atoms with E-state index in [1.54, 1.807) is 11.3 Å². The molecule has 0 bridgehead atoms. The van der Waals surface area contributed by atoms with Crippen molar-refractivity contribution < 1.29 is 4.79 Å². The maximum absolute atomic E-state index is 12.8. The summed E-state index contributed by atoms with van der Waals surface area (Å²) < 4.78 is 0.847. The number of likely N-dealkylation sites (N-methyl/N-ethyl adjacent to an activating group) is 1. The van der Waals surface area contributed by atoms with Crippen LogP contribution in [0.1, 0.15) is 17.4 Å². The molecule has 1 aliphatic rings. The molecule has 1 fully saturated rings. The number of amides is 1. The van der Waals surface area contributed by atoms with Crippen molar-refractivity contribution in [3.63, 3.8) is 0 Å². The minimum Gasteiger partial charge on any atom is -0.340 e. The molecule has 1 aliphatic heterocycles. The first-order chi connectivity index (χ1) is 12.5. The highest BCUT2D eigenvalue weighted by Gasteiger charge is 2.27. The zero-order chi connectivity index (χ0) is 18.5. The lowest BCUT2D eigenvalue weighted by Crippen LogP contribution is -2.53. The second kappa shape index (κ2) is 9.00. The summed E-state index contributed by atoms with van der Waals surface area (Å²) in [6.07, 6.45) is 0. The molecule has 3 rings (SSSR count). The maximum Gasteiger partial charge on any atom is 0.239 e. The Morgan fingerprint density at radius 2 is 1.85 bits per heavy atom. The lowest BCUT2D eigenvalue weighted by Gasteiger charge is -2.38. The lowest BCUT2D eigenvalue weighted by atomic mass is 10.1. The van der Waals surface area contributed by atoms with E-state index in [2.05, 4.69) is 28.0 Å². The van der Waals surface area contributed by atoms with Gasteiger partial charge in [0.2, 0.25) is 5.91 Å². The molecule has 4 nitrogen and oxygen atoms in total. The molecule has 1 aromatic carbocycles. The van der Waals surface area contributed by atoms with Crippen molar-refractivity contribution in [2.75, 3.05) is 33.2 Å². The predicted molar refractivity (Wildman–Crippen MR) is 109 cm³/mol. The van der Waals surface area contributed by atoms with E-state index in [4.69, 9.17) is 11.6 Å². The van der Waals surface area contributed by atoms with E-state index in [0.717, 1.165) is 42.6 Å². The fourth-order valence-corrected chi connectivity index (χ4v) is 4.51. The van der Waals surface area contributed by atoms with Gasteiger partial charge in [0.25, 0.3) is 0 Å². The summed E-state index contributed by atoms with van der Waals surface area (Å²) in [6, 6.07) is 14.1. The second-order valence-corrected chi connectivity index (χ2v) is 8.67. The molecule has 1 atom stereocenters. The number of carbonyl (C=O) groups is 1. The average Bonchev–Trinajstić information content (AvgIpc) is 3.06. The van der Waals surface area contributed by atoms with Crippen LogP contribution in [0.3, 0.4) is 0 Å². The molecule has 2 heterocycles. The molecule has 140 valence electrons. The Morgan fingerprint density at radius 1 is 1.15 bits per heavy atom. The van der Waals surface area contributed by atoms with Crippen molar-refractivity contribution in [1.82, 2.24) is 14.7 Å². The number of carbonyl (C=O) groups excluding carboxylic acids is 1. The van der Waals surface area contributed by atoms with Gasteiger partial charge in [-0.05, 0) is 24.6 Å². The van der Waals surface area contributed by atoms with Crippen molar-refractivity contribution in [2.24, 2.45) is 0 Å². The summed E-state index contributed by atoms with van der Waals surface area (Å²) in [4.78, 5) is 20.6. The minimum atomic E-state index is -0.0814. The van der Waals surface area contributed by atoms with Gasteiger partial charge in [-0.1, -0.05) is 41.9 Å². The van der Waals surface area contributed by atoms with Crippen LogP contribution in [0.25, 0.3) is 0 Å².